The van der Waals surface area contributed by atoms with Crippen molar-refractivity contribution in [1.29, 1.82) is 0 Å². The van der Waals surface area contributed by atoms with Gasteiger partial charge in [-0.15, -0.1) is 0 Å². The summed E-state index contributed by atoms with van der Waals surface area (Å²) < 4.78 is 2.41. The van der Waals surface area contributed by atoms with Gasteiger partial charge in [-0.3, -0.25) is 0 Å². The van der Waals surface area contributed by atoms with E-state index in [2.05, 4.69) is 139 Å². The molecule has 1 heteroatoms. The maximum absolute atomic E-state index is 2.42. The van der Waals surface area contributed by atoms with Crippen molar-refractivity contribution >= 4 is 32.6 Å². The fraction of sp³-hybridized carbons (Fsp3) is 0.0556. The molecule has 174 valence electrons. The quantitative estimate of drug-likeness (QED) is 0.237. The summed E-state index contributed by atoms with van der Waals surface area (Å²) in [5, 5.41) is 5.19. The Balaban J connectivity index is 1.33. The lowest BCUT2D eigenvalue weighted by atomic mass is 9.87. The van der Waals surface area contributed by atoms with Gasteiger partial charge < -0.3 is 4.57 Å². The number of fused-ring (bicyclic) bond motifs is 7. The van der Waals surface area contributed by atoms with Crippen LogP contribution in [0.25, 0.3) is 49.4 Å². The molecule has 7 aromatic rings. The fourth-order valence-corrected chi connectivity index (χ4v) is 6.57. The molecule has 1 heterocycles. The van der Waals surface area contributed by atoms with Crippen LogP contribution in [0.5, 0.6) is 0 Å². The molecular formula is C36H25N. The van der Waals surface area contributed by atoms with E-state index in [4.69, 9.17) is 0 Å². The molecule has 1 aromatic heterocycles. The van der Waals surface area contributed by atoms with Gasteiger partial charge in [0.05, 0.1) is 11.0 Å². The van der Waals surface area contributed by atoms with E-state index in [1.54, 1.807) is 0 Å². The third-order valence-electron chi connectivity index (χ3n) is 8.18. The summed E-state index contributed by atoms with van der Waals surface area (Å²) in [6.45, 7) is 2.25. The molecule has 37 heavy (non-hydrogen) atoms. The van der Waals surface area contributed by atoms with Gasteiger partial charge in [0.2, 0.25) is 0 Å². The van der Waals surface area contributed by atoms with Gasteiger partial charge in [-0.1, -0.05) is 97.1 Å². The minimum absolute atomic E-state index is 0.271. The summed E-state index contributed by atoms with van der Waals surface area (Å²) in [5.74, 6) is 0.271. The van der Waals surface area contributed by atoms with Crippen molar-refractivity contribution in [3.8, 4) is 16.8 Å². The van der Waals surface area contributed by atoms with Crippen LogP contribution < -0.4 is 0 Å². The molecule has 0 spiro atoms. The Hall–Kier alpha value is -4.62. The third-order valence-corrected chi connectivity index (χ3v) is 8.18. The van der Waals surface area contributed by atoms with E-state index in [1.807, 2.05) is 0 Å². The van der Waals surface area contributed by atoms with E-state index >= 15 is 0 Å². The topological polar surface area (TPSA) is 4.93 Å². The number of hydrogen-bond acceptors (Lipinski definition) is 0. The predicted octanol–water partition coefficient (Wildman–Crippen LogP) is 9.41. The van der Waals surface area contributed by atoms with E-state index < -0.39 is 0 Å². The average molecular weight is 472 g/mol. The van der Waals surface area contributed by atoms with Crippen LogP contribution >= 0.6 is 0 Å². The first-order valence-corrected chi connectivity index (χ1v) is 13.0. The van der Waals surface area contributed by atoms with Crippen molar-refractivity contribution in [2.75, 3.05) is 0 Å². The van der Waals surface area contributed by atoms with Crippen molar-refractivity contribution in [3.05, 3.63) is 150 Å². The van der Waals surface area contributed by atoms with Crippen LogP contribution in [0.2, 0.25) is 0 Å². The smallest absolute Gasteiger partial charge is 0.0541 e. The van der Waals surface area contributed by atoms with Crippen LogP contribution in [0.3, 0.4) is 0 Å². The molecule has 0 radical (unpaired) electrons. The zero-order chi connectivity index (χ0) is 24.5. The van der Waals surface area contributed by atoms with Gasteiger partial charge >= 0.3 is 0 Å². The molecule has 8 rings (SSSR count). The highest BCUT2D eigenvalue weighted by atomic mass is 15.0. The van der Waals surface area contributed by atoms with E-state index in [9.17, 15) is 0 Å². The number of nitrogens with zero attached hydrogens (tertiary/aromatic N) is 1. The second-order valence-electron chi connectivity index (χ2n) is 10.2. The van der Waals surface area contributed by atoms with Crippen molar-refractivity contribution in [1.82, 2.24) is 4.57 Å². The lowest BCUT2D eigenvalue weighted by Gasteiger charge is -2.17. The number of aryl methyl sites for hydroxylation is 1. The van der Waals surface area contributed by atoms with Crippen LogP contribution in [0.15, 0.2) is 127 Å². The molecule has 0 saturated carbocycles. The molecule has 6 aromatic carbocycles. The molecule has 0 aliphatic heterocycles. The van der Waals surface area contributed by atoms with Gasteiger partial charge in [0, 0.05) is 22.4 Å². The van der Waals surface area contributed by atoms with E-state index in [0.717, 1.165) is 0 Å². The number of aromatic nitrogens is 1. The Bertz CT molecular complexity index is 1910. The third kappa shape index (κ3) is 2.92. The highest BCUT2D eigenvalue weighted by Gasteiger charge is 2.29. The largest absolute Gasteiger partial charge is 0.309 e. The minimum Gasteiger partial charge on any atom is -0.309 e. The number of para-hydroxylation sites is 2. The van der Waals surface area contributed by atoms with Crippen LogP contribution in [0, 0.1) is 6.92 Å². The highest BCUT2D eigenvalue weighted by Crippen LogP contribution is 2.48. The highest BCUT2D eigenvalue weighted by molar-refractivity contribution is 6.09. The normalized spacial score (nSPS) is 12.9. The number of hydrogen-bond donors (Lipinski definition) is 0. The zero-order valence-electron chi connectivity index (χ0n) is 20.6. The summed E-state index contributed by atoms with van der Waals surface area (Å²) in [4.78, 5) is 0. The molecule has 0 amide bonds. The first-order valence-electron chi connectivity index (χ1n) is 13.0. The van der Waals surface area contributed by atoms with Crippen molar-refractivity contribution in [2.45, 2.75) is 12.8 Å². The molecule has 0 saturated heterocycles. The molecule has 1 aliphatic carbocycles. The van der Waals surface area contributed by atoms with Crippen LogP contribution in [0.4, 0.5) is 0 Å². The van der Waals surface area contributed by atoms with Crippen LogP contribution in [0.1, 0.15) is 28.2 Å². The standard InChI is InChI=1S/C36H25N/c1-23-20-26(37-34-16-8-6-12-29(34)30-13-7-9-17-35(30)37)21-24-18-19-25(22-33(23)24)36-31-14-4-2-10-27(31)28-11-3-5-15-32(28)36/h2-22,36H,1H3. The molecule has 0 N–H and O–H groups in total. The Morgan fingerprint density at radius 1 is 0.514 bits per heavy atom. The first kappa shape index (κ1) is 20.6. The van der Waals surface area contributed by atoms with Gasteiger partial charge in [-0.05, 0) is 81.4 Å². The maximum atomic E-state index is 2.42. The van der Waals surface area contributed by atoms with Gasteiger partial charge in [0.25, 0.3) is 0 Å². The molecule has 0 fully saturated rings. The maximum Gasteiger partial charge on any atom is 0.0541 e. The summed E-state index contributed by atoms with van der Waals surface area (Å²) in [6.07, 6.45) is 0. The van der Waals surface area contributed by atoms with Crippen LogP contribution in [-0.4, -0.2) is 4.57 Å². The van der Waals surface area contributed by atoms with Gasteiger partial charge in [-0.2, -0.15) is 0 Å². The summed E-state index contributed by atoms with van der Waals surface area (Å²) in [5.41, 5.74) is 11.9. The predicted molar refractivity (Wildman–Crippen MR) is 156 cm³/mol. The van der Waals surface area contributed by atoms with Crippen LogP contribution in [-0.2, 0) is 0 Å². The summed E-state index contributed by atoms with van der Waals surface area (Å²) in [6, 6.07) is 47.0. The zero-order valence-corrected chi connectivity index (χ0v) is 20.6. The van der Waals surface area contributed by atoms with E-state index in [0.29, 0.717) is 0 Å². The minimum atomic E-state index is 0.271. The monoisotopic (exact) mass is 471 g/mol. The van der Waals surface area contributed by atoms with E-state index in [-0.39, 0.29) is 5.92 Å². The average Bonchev–Trinajstić information content (AvgIpc) is 3.46. The summed E-state index contributed by atoms with van der Waals surface area (Å²) in [7, 11) is 0. The Morgan fingerprint density at radius 2 is 1.08 bits per heavy atom. The van der Waals surface area contributed by atoms with Gasteiger partial charge in [0.1, 0.15) is 0 Å². The molecular weight excluding hydrogens is 446 g/mol. The molecule has 1 nitrogen and oxygen atoms in total. The second-order valence-corrected chi connectivity index (χ2v) is 10.2. The SMILES string of the molecule is Cc1cc(-n2c3ccccc3c3ccccc32)cc2ccc(C3c4ccccc4-c4ccccc43)cc12. The van der Waals surface area contributed by atoms with Crippen molar-refractivity contribution in [2.24, 2.45) is 0 Å². The van der Waals surface area contributed by atoms with Gasteiger partial charge in [0.15, 0.2) is 0 Å². The van der Waals surface area contributed by atoms with Crippen molar-refractivity contribution < 1.29 is 0 Å². The van der Waals surface area contributed by atoms with E-state index in [1.165, 1.54) is 71.6 Å². The molecule has 0 atom stereocenters. The van der Waals surface area contributed by atoms with Crippen molar-refractivity contribution in [3.63, 3.8) is 0 Å². The lowest BCUT2D eigenvalue weighted by molar-refractivity contribution is 1.02. The second kappa shape index (κ2) is 7.69. The molecule has 0 unspecified atom stereocenters. The summed E-state index contributed by atoms with van der Waals surface area (Å²) >= 11 is 0. The Morgan fingerprint density at radius 3 is 1.73 bits per heavy atom. The lowest BCUT2D eigenvalue weighted by Crippen LogP contribution is -2.00. The molecule has 0 bridgehead atoms. The van der Waals surface area contributed by atoms with Gasteiger partial charge in [-0.25, -0.2) is 0 Å². The first-order chi connectivity index (χ1) is 18.3. The Kier molecular flexibility index (Phi) is 4.27. The Labute approximate surface area is 216 Å². The molecule has 1 aliphatic rings. The number of rotatable bonds is 2. The number of benzene rings is 6. The fourth-order valence-electron chi connectivity index (χ4n) is 6.57.